The van der Waals surface area contributed by atoms with E-state index in [0.29, 0.717) is 37.3 Å². The molecule has 6 aromatic rings. The van der Waals surface area contributed by atoms with Crippen LogP contribution in [-0.4, -0.2) is 109 Å². The van der Waals surface area contributed by atoms with E-state index in [1.54, 1.807) is 24.8 Å². The molecule has 4 aromatic carbocycles. The van der Waals surface area contributed by atoms with Crippen LogP contribution in [0.1, 0.15) is 60.8 Å². The van der Waals surface area contributed by atoms with E-state index in [9.17, 15) is 45.5 Å². The van der Waals surface area contributed by atoms with E-state index in [1.165, 1.54) is 29.2 Å². The molecule has 4 amide bonds. The molecule has 2 aromatic heterocycles. The summed E-state index contributed by atoms with van der Waals surface area (Å²) in [4.78, 5) is 68.8. The van der Waals surface area contributed by atoms with Crippen LogP contribution < -0.4 is 45.5 Å². The number of carbonyl (C=O) groups excluding carboxylic acids is 4. The molecule has 2 saturated heterocycles. The summed E-state index contributed by atoms with van der Waals surface area (Å²) in [5, 5.41) is 7.82. The average Bonchev–Trinajstić information content (AvgIpc) is 4.17. The minimum atomic E-state index is -4.54. The molecule has 6 heterocycles. The van der Waals surface area contributed by atoms with Crippen LogP contribution in [0.25, 0.3) is 11.4 Å². The molecular formula is C52H50BrF6N10NaO6. The summed E-state index contributed by atoms with van der Waals surface area (Å²) in [6.45, 7) is 5.30. The molecule has 3 N–H and O–H groups in total. The van der Waals surface area contributed by atoms with Crippen LogP contribution in [0, 0.1) is 13.8 Å². The molecule has 76 heavy (non-hydrogen) atoms. The quantitative estimate of drug-likeness (QED) is 0.0930. The van der Waals surface area contributed by atoms with E-state index in [-0.39, 0.29) is 72.5 Å². The van der Waals surface area contributed by atoms with Crippen LogP contribution in [0.15, 0.2) is 132 Å². The third-order valence-electron chi connectivity index (χ3n) is 12.2. The van der Waals surface area contributed by atoms with Gasteiger partial charge in [-0.05, 0) is 100 Å². The van der Waals surface area contributed by atoms with Crippen LogP contribution >= 0.6 is 15.9 Å². The molecule has 0 radical (unpaired) electrons. The summed E-state index contributed by atoms with van der Waals surface area (Å²) in [5.41, 5.74) is 2.69. The second-order valence-electron chi connectivity index (χ2n) is 17.9. The van der Waals surface area contributed by atoms with E-state index in [4.69, 9.17) is 14.5 Å². The fraction of sp³-hybridized carbons (Fsp3) is 0.308. The van der Waals surface area contributed by atoms with Crippen molar-refractivity contribution in [3.05, 3.63) is 156 Å². The molecule has 2 fully saturated rings. The van der Waals surface area contributed by atoms with Crippen molar-refractivity contribution >= 4 is 62.4 Å². The number of nitrogens with zero attached hydrogens (tertiary/aromatic N) is 7. The fourth-order valence-electron chi connectivity index (χ4n) is 8.62. The SMILES string of the molecule is Cc1cn(-c2ccc(C3=NC4(CCCOC4)N(CC(=O)Nc4cccc(C(F)(F)F)c4)C3=O)cc2)cn1.Cc1cn(-c2ccc(C3=NC4(CCCOC4)NC3=O)cc2)cn1.O=C(CBr)Nc1cccc(C(F)(F)F)c1.[H-].[Na+]. The number of benzene rings is 4. The Kier molecular flexibility index (Phi) is 18.2. The second-order valence-corrected chi connectivity index (χ2v) is 18.5. The van der Waals surface area contributed by atoms with Crippen molar-refractivity contribution in [1.82, 2.24) is 29.3 Å². The zero-order valence-electron chi connectivity index (χ0n) is 42.3. The van der Waals surface area contributed by atoms with Crippen molar-refractivity contribution in [2.75, 3.05) is 48.9 Å². The van der Waals surface area contributed by atoms with Gasteiger partial charge < -0.3 is 40.9 Å². The maximum atomic E-state index is 13.5. The molecule has 0 saturated carbocycles. The van der Waals surface area contributed by atoms with Gasteiger partial charge in [0.25, 0.3) is 11.8 Å². The van der Waals surface area contributed by atoms with E-state index in [1.807, 2.05) is 71.8 Å². The van der Waals surface area contributed by atoms with Gasteiger partial charge >= 0.3 is 41.9 Å². The maximum absolute atomic E-state index is 13.5. The predicted molar refractivity (Wildman–Crippen MR) is 270 cm³/mol. The minimum absolute atomic E-state index is 0. The zero-order chi connectivity index (χ0) is 53.5. The molecule has 16 nitrogen and oxygen atoms in total. The van der Waals surface area contributed by atoms with Crippen molar-refractivity contribution in [2.45, 2.75) is 63.2 Å². The van der Waals surface area contributed by atoms with Crippen LogP contribution in [0.5, 0.6) is 0 Å². The third-order valence-corrected chi connectivity index (χ3v) is 12.8. The van der Waals surface area contributed by atoms with Crippen LogP contribution in [0.4, 0.5) is 37.7 Å². The van der Waals surface area contributed by atoms with Crippen molar-refractivity contribution in [3.63, 3.8) is 0 Å². The van der Waals surface area contributed by atoms with Crippen LogP contribution in [0.2, 0.25) is 0 Å². The number of carbonyl (C=O) groups is 4. The molecule has 4 aliphatic rings. The average molecular weight is 1130 g/mol. The van der Waals surface area contributed by atoms with Gasteiger partial charge in [0, 0.05) is 59.5 Å². The van der Waals surface area contributed by atoms with Gasteiger partial charge in [-0.1, -0.05) is 52.3 Å². The van der Waals surface area contributed by atoms with Gasteiger partial charge in [0.2, 0.25) is 11.8 Å². The van der Waals surface area contributed by atoms with E-state index in [0.717, 1.165) is 72.0 Å². The summed E-state index contributed by atoms with van der Waals surface area (Å²) in [6, 6.07) is 23.9. The monoisotopic (exact) mass is 1130 g/mol. The van der Waals surface area contributed by atoms with E-state index < -0.39 is 52.5 Å². The molecule has 0 bridgehead atoms. The number of nitrogens with one attached hydrogen (secondary N) is 3. The van der Waals surface area contributed by atoms with Gasteiger partial charge in [0.05, 0.1) is 53.7 Å². The zero-order valence-corrected chi connectivity index (χ0v) is 44.9. The number of imidazole rings is 2. The van der Waals surface area contributed by atoms with Gasteiger partial charge in [-0.25, -0.2) is 20.0 Å². The van der Waals surface area contributed by atoms with Crippen molar-refractivity contribution in [1.29, 1.82) is 0 Å². The Morgan fingerprint density at radius 1 is 0.697 bits per heavy atom. The molecular weight excluding hydrogens is 1080 g/mol. The van der Waals surface area contributed by atoms with Gasteiger partial charge in [0.1, 0.15) is 18.0 Å². The Hall–Kier alpha value is -6.50. The number of ether oxygens (including phenoxy) is 2. The number of rotatable bonds is 9. The van der Waals surface area contributed by atoms with Gasteiger partial charge in [-0.3, -0.25) is 19.2 Å². The Bertz CT molecular complexity index is 3120. The predicted octanol–water partition coefficient (Wildman–Crippen LogP) is 5.74. The third kappa shape index (κ3) is 13.9. The summed E-state index contributed by atoms with van der Waals surface area (Å²) in [6.07, 6.45) is 1.28. The number of alkyl halides is 7. The number of anilines is 2. The van der Waals surface area contributed by atoms with Crippen molar-refractivity contribution in [2.24, 2.45) is 9.98 Å². The Labute approximate surface area is 464 Å². The van der Waals surface area contributed by atoms with E-state index >= 15 is 0 Å². The molecule has 24 heteroatoms. The number of amides is 4. The first kappa shape index (κ1) is 57.2. The summed E-state index contributed by atoms with van der Waals surface area (Å²) < 4.78 is 90.9. The van der Waals surface area contributed by atoms with Gasteiger partial charge in [-0.2, -0.15) is 26.3 Å². The minimum Gasteiger partial charge on any atom is -1.00 e. The number of hydrogen-bond acceptors (Lipinski definition) is 10. The summed E-state index contributed by atoms with van der Waals surface area (Å²) in [5.74, 6) is -1.58. The maximum Gasteiger partial charge on any atom is 1.00 e. The Balaban J connectivity index is 0.000000205. The van der Waals surface area contributed by atoms with Crippen LogP contribution in [-0.2, 0) is 41.0 Å². The van der Waals surface area contributed by atoms with Gasteiger partial charge in [0.15, 0.2) is 11.3 Å². The molecule has 4 aliphatic heterocycles. The fourth-order valence-corrected chi connectivity index (χ4v) is 8.76. The second kappa shape index (κ2) is 24.2. The van der Waals surface area contributed by atoms with Gasteiger partial charge in [-0.15, -0.1) is 0 Å². The normalized spacial score (nSPS) is 19.1. The first-order valence-corrected chi connectivity index (χ1v) is 24.6. The number of hydrogen-bond donors (Lipinski definition) is 3. The molecule has 2 atom stereocenters. The number of aliphatic imine (C=N–C) groups is 2. The summed E-state index contributed by atoms with van der Waals surface area (Å²) >= 11 is 2.90. The Morgan fingerprint density at radius 2 is 1.20 bits per heavy atom. The first-order chi connectivity index (χ1) is 35.7. The smallest absolute Gasteiger partial charge is 1.00 e. The number of aryl methyl sites for hydroxylation is 2. The largest absolute Gasteiger partial charge is 1.00 e. The number of halogens is 7. The molecule has 2 spiro atoms. The molecule has 394 valence electrons. The number of aromatic nitrogens is 4. The van der Waals surface area contributed by atoms with Crippen molar-refractivity contribution in [3.8, 4) is 11.4 Å². The topological polar surface area (TPSA) is 186 Å². The molecule has 10 rings (SSSR count). The van der Waals surface area contributed by atoms with Crippen molar-refractivity contribution < 1.29 is 86.0 Å². The summed E-state index contributed by atoms with van der Waals surface area (Å²) in [7, 11) is 0. The standard InChI is InChI=1S/C26H24F3N5O3.C17H18N4O2.C9H7BrF3NO.Na.H/c1-17-13-33(16-30-17)21-8-6-18(7-9-21)23-24(36)34(25(32-23)10-3-11-37-15-25)14-22(35)31-20-5-2-4-19(12-20)26(27,28)29;1-12-9-21(11-18-12)14-5-3-13(4-6-14)15-16(22)20-17(19-15)7-2-8-23-10-17;10-5-8(15)14-7-3-1-2-6(4-7)9(11,12)13;;/h2,4-9,12-13,16H,3,10-11,14-15H2,1H3,(H,31,35);3-6,9,11H,2,7-8,10H2,1H3,(H,20,22);1-4H,5H2,(H,14,15);;/q;;;+1;-1. The van der Waals surface area contributed by atoms with Crippen LogP contribution in [0.3, 0.4) is 0 Å². The van der Waals surface area contributed by atoms with E-state index in [2.05, 4.69) is 46.8 Å². The Morgan fingerprint density at radius 3 is 1.64 bits per heavy atom. The first-order valence-electron chi connectivity index (χ1n) is 23.5. The molecule has 2 unspecified atom stereocenters. The molecule has 0 aliphatic carbocycles.